The molecule has 0 aliphatic heterocycles. The molecule has 1 fully saturated rings. The van der Waals surface area contributed by atoms with Crippen molar-refractivity contribution in [2.24, 2.45) is 17.8 Å². The monoisotopic (exact) mass is 392 g/mol. The zero-order valence-electron chi connectivity index (χ0n) is 17.6. The Kier molecular flexibility index (Phi) is 5.72. The van der Waals surface area contributed by atoms with Gasteiger partial charge in [-0.2, -0.15) is 0 Å². The highest BCUT2D eigenvalue weighted by atomic mass is 19.1. The van der Waals surface area contributed by atoms with Crippen molar-refractivity contribution in [2.75, 3.05) is 0 Å². The Hall–Kier alpha value is -2.22. The summed E-state index contributed by atoms with van der Waals surface area (Å²) in [6.07, 6.45) is 13.1. The van der Waals surface area contributed by atoms with Gasteiger partial charge in [-0.15, -0.1) is 0 Å². The predicted molar refractivity (Wildman–Crippen MR) is 118 cm³/mol. The predicted octanol–water partition coefficient (Wildman–Crippen LogP) is 8.03. The molecule has 152 valence electrons. The summed E-state index contributed by atoms with van der Waals surface area (Å²) in [5.41, 5.74) is 4.47. The lowest BCUT2D eigenvalue weighted by Crippen LogP contribution is -2.20. The van der Waals surface area contributed by atoms with Crippen molar-refractivity contribution in [3.8, 4) is 11.1 Å². The van der Waals surface area contributed by atoms with E-state index in [0.717, 1.165) is 35.0 Å². The lowest BCUT2D eigenvalue weighted by Gasteiger charge is -2.32. The maximum absolute atomic E-state index is 14.9. The average Bonchev–Trinajstić information content (AvgIpc) is 2.72. The van der Waals surface area contributed by atoms with Gasteiger partial charge in [-0.3, -0.25) is 0 Å². The molecule has 0 aromatic heterocycles. The minimum Gasteiger partial charge on any atom is -0.207 e. The van der Waals surface area contributed by atoms with Crippen molar-refractivity contribution in [1.29, 1.82) is 0 Å². The van der Waals surface area contributed by atoms with Crippen LogP contribution in [0.25, 0.3) is 16.7 Å². The first-order valence-electron chi connectivity index (χ1n) is 10.9. The summed E-state index contributed by atoms with van der Waals surface area (Å²) in [6, 6.07) is 8.59. The SMILES string of the molecule is Cc1cc(-c2ccc(C3=CCC(C4CCC(C)CC4)C=C3)cc2F)cc(F)c1C. The summed E-state index contributed by atoms with van der Waals surface area (Å²) in [6.45, 7) is 5.96. The third kappa shape index (κ3) is 4.22. The standard InChI is InChI=1S/C27H30F2/c1-17-4-6-20(7-5-17)21-8-10-22(11-9-21)23-12-13-25(27(29)15-23)24-14-18(2)19(3)26(28)16-24/h8,10-17,20-21H,4-7,9H2,1-3H3. The second-order valence-corrected chi connectivity index (χ2v) is 9.03. The molecule has 2 aromatic rings. The Morgan fingerprint density at radius 1 is 0.862 bits per heavy atom. The summed E-state index contributed by atoms with van der Waals surface area (Å²) in [4.78, 5) is 0. The van der Waals surface area contributed by atoms with E-state index >= 15 is 0 Å². The number of rotatable bonds is 3. The molecule has 0 saturated heterocycles. The Bertz CT molecular complexity index is 935. The second-order valence-electron chi connectivity index (χ2n) is 9.03. The molecule has 2 aromatic carbocycles. The zero-order chi connectivity index (χ0) is 20.5. The number of hydrogen-bond acceptors (Lipinski definition) is 0. The summed E-state index contributed by atoms with van der Waals surface area (Å²) in [5, 5.41) is 0. The summed E-state index contributed by atoms with van der Waals surface area (Å²) >= 11 is 0. The van der Waals surface area contributed by atoms with Crippen LogP contribution in [0.4, 0.5) is 8.78 Å². The fourth-order valence-corrected chi connectivity index (χ4v) is 4.82. The third-order valence-corrected chi connectivity index (χ3v) is 7.02. The van der Waals surface area contributed by atoms with Crippen LogP contribution in [0.1, 0.15) is 55.7 Å². The van der Waals surface area contributed by atoms with E-state index < -0.39 is 0 Å². The molecule has 2 aliphatic carbocycles. The van der Waals surface area contributed by atoms with E-state index in [1.807, 2.05) is 19.1 Å². The van der Waals surface area contributed by atoms with E-state index in [9.17, 15) is 8.78 Å². The quantitative estimate of drug-likeness (QED) is 0.496. The molecule has 0 spiro atoms. The van der Waals surface area contributed by atoms with Crippen molar-refractivity contribution >= 4 is 5.57 Å². The van der Waals surface area contributed by atoms with E-state index in [0.29, 0.717) is 22.6 Å². The van der Waals surface area contributed by atoms with Crippen LogP contribution < -0.4 is 0 Å². The lowest BCUT2D eigenvalue weighted by molar-refractivity contribution is 0.240. The molecule has 0 N–H and O–H groups in total. The molecule has 1 saturated carbocycles. The molecule has 0 bridgehead atoms. The van der Waals surface area contributed by atoms with E-state index in [1.165, 1.54) is 31.7 Å². The van der Waals surface area contributed by atoms with Crippen LogP contribution in [-0.2, 0) is 0 Å². The average molecular weight is 393 g/mol. The number of halogens is 2. The van der Waals surface area contributed by atoms with Gasteiger partial charge in [-0.1, -0.05) is 56.2 Å². The highest BCUT2D eigenvalue weighted by Gasteiger charge is 2.25. The van der Waals surface area contributed by atoms with Gasteiger partial charge in [0, 0.05) is 5.56 Å². The normalized spacial score (nSPS) is 24.4. The maximum Gasteiger partial charge on any atom is 0.131 e. The number of hydrogen-bond donors (Lipinski definition) is 0. The molecular formula is C27H30F2. The molecule has 0 radical (unpaired) electrons. The fraction of sp³-hybridized carbons (Fsp3) is 0.407. The first-order chi connectivity index (χ1) is 13.9. The third-order valence-electron chi connectivity index (χ3n) is 7.02. The highest BCUT2D eigenvalue weighted by molar-refractivity contribution is 5.77. The van der Waals surface area contributed by atoms with Crippen LogP contribution in [0.15, 0.2) is 48.6 Å². The van der Waals surface area contributed by atoms with Gasteiger partial charge in [-0.25, -0.2) is 8.78 Å². The van der Waals surface area contributed by atoms with E-state index in [4.69, 9.17) is 0 Å². The first-order valence-corrected chi connectivity index (χ1v) is 10.9. The minimum absolute atomic E-state index is 0.287. The van der Waals surface area contributed by atoms with Gasteiger partial charge in [0.25, 0.3) is 0 Å². The first kappa shape index (κ1) is 20.1. The Labute approximate surface area is 173 Å². The van der Waals surface area contributed by atoms with Crippen LogP contribution in [0, 0.1) is 43.2 Å². The van der Waals surface area contributed by atoms with Crippen LogP contribution in [0.5, 0.6) is 0 Å². The Morgan fingerprint density at radius 2 is 1.59 bits per heavy atom. The molecule has 2 aliphatic rings. The highest BCUT2D eigenvalue weighted by Crippen LogP contribution is 2.38. The van der Waals surface area contributed by atoms with Gasteiger partial charge in [0.15, 0.2) is 0 Å². The van der Waals surface area contributed by atoms with Crippen molar-refractivity contribution < 1.29 is 8.78 Å². The van der Waals surface area contributed by atoms with E-state index in [1.54, 1.807) is 19.1 Å². The topological polar surface area (TPSA) is 0 Å². The van der Waals surface area contributed by atoms with Gasteiger partial charge in [0.05, 0.1) is 0 Å². The lowest BCUT2D eigenvalue weighted by atomic mass is 9.73. The largest absolute Gasteiger partial charge is 0.207 e. The molecular weight excluding hydrogens is 362 g/mol. The molecule has 0 nitrogen and oxygen atoms in total. The van der Waals surface area contributed by atoms with Gasteiger partial charge in [0.2, 0.25) is 0 Å². The maximum atomic E-state index is 14.9. The smallest absolute Gasteiger partial charge is 0.131 e. The zero-order valence-corrected chi connectivity index (χ0v) is 17.6. The summed E-state index contributed by atoms with van der Waals surface area (Å²) in [7, 11) is 0. The molecule has 2 heteroatoms. The van der Waals surface area contributed by atoms with E-state index in [-0.39, 0.29) is 11.6 Å². The second kappa shape index (κ2) is 8.26. The molecule has 1 atom stereocenters. The van der Waals surface area contributed by atoms with Crippen LogP contribution in [-0.4, -0.2) is 0 Å². The summed E-state index contributed by atoms with van der Waals surface area (Å²) in [5.74, 6) is 1.69. The Balaban J connectivity index is 1.51. The van der Waals surface area contributed by atoms with Gasteiger partial charge >= 0.3 is 0 Å². The van der Waals surface area contributed by atoms with Gasteiger partial charge < -0.3 is 0 Å². The van der Waals surface area contributed by atoms with Gasteiger partial charge in [0.1, 0.15) is 11.6 Å². The molecule has 4 rings (SSSR count). The fourth-order valence-electron chi connectivity index (χ4n) is 4.82. The number of allylic oxidation sites excluding steroid dienone is 4. The number of aryl methyl sites for hydroxylation is 1. The van der Waals surface area contributed by atoms with Crippen LogP contribution >= 0.6 is 0 Å². The molecule has 0 amide bonds. The minimum atomic E-state index is -0.303. The molecule has 1 unspecified atom stereocenters. The Morgan fingerprint density at radius 3 is 2.21 bits per heavy atom. The van der Waals surface area contributed by atoms with Crippen molar-refractivity contribution in [3.05, 3.63) is 76.9 Å². The van der Waals surface area contributed by atoms with Crippen molar-refractivity contribution in [3.63, 3.8) is 0 Å². The van der Waals surface area contributed by atoms with Gasteiger partial charge in [-0.05, 0) is 90.8 Å². The van der Waals surface area contributed by atoms with Crippen molar-refractivity contribution in [2.45, 2.75) is 52.9 Å². The molecule has 29 heavy (non-hydrogen) atoms. The van der Waals surface area contributed by atoms with E-state index in [2.05, 4.69) is 25.2 Å². The number of benzene rings is 2. The van der Waals surface area contributed by atoms with Crippen molar-refractivity contribution in [1.82, 2.24) is 0 Å². The summed E-state index contributed by atoms with van der Waals surface area (Å²) < 4.78 is 29.0. The van der Waals surface area contributed by atoms with Crippen LogP contribution in [0.2, 0.25) is 0 Å². The van der Waals surface area contributed by atoms with Crippen LogP contribution in [0.3, 0.4) is 0 Å². The molecule has 0 heterocycles.